The van der Waals surface area contributed by atoms with Crippen LogP contribution in [0, 0.1) is 0 Å². The molecule has 0 spiro atoms. The summed E-state index contributed by atoms with van der Waals surface area (Å²) < 4.78 is 5.16. The van der Waals surface area contributed by atoms with Crippen LogP contribution >= 0.6 is 11.3 Å². The normalized spacial score (nSPS) is 12.2. The van der Waals surface area contributed by atoms with E-state index in [2.05, 4.69) is 15.6 Å². The lowest BCUT2D eigenvalue weighted by atomic mass is 10.1. The first-order chi connectivity index (χ1) is 12.6. The Bertz CT molecular complexity index is 615. The second-order valence-electron chi connectivity index (χ2n) is 6.79. The number of carbonyl (C=O) groups excluding carboxylic acids is 3. The number of anilines is 1. The van der Waals surface area contributed by atoms with Gasteiger partial charge in [-0.25, -0.2) is 14.8 Å². The fourth-order valence-corrected chi connectivity index (χ4v) is 2.80. The number of rotatable bonds is 9. The van der Waals surface area contributed by atoms with Gasteiger partial charge in [-0.3, -0.25) is 14.4 Å². The van der Waals surface area contributed by atoms with Crippen molar-refractivity contribution in [3.8, 4) is 0 Å². The summed E-state index contributed by atoms with van der Waals surface area (Å²) in [4.78, 5) is 45.0. The van der Waals surface area contributed by atoms with Crippen LogP contribution in [0.4, 0.5) is 9.93 Å². The first kappa shape index (κ1) is 22.8. The Kier molecular flexibility index (Phi) is 9.16. The predicted molar refractivity (Wildman–Crippen MR) is 102 cm³/mol. The second kappa shape index (κ2) is 10.8. The molecule has 1 aromatic rings. The monoisotopic (exact) mass is 400 g/mol. The number of aromatic nitrogens is 1. The number of hydrogen-bond acceptors (Lipinski definition) is 7. The molecule has 1 atom stereocenters. The van der Waals surface area contributed by atoms with Gasteiger partial charge in [-0.1, -0.05) is 0 Å². The molecule has 2 N–H and O–H groups in total. The number of hydrogen-bond donors (Lipinski definition) is 2. The molecular weight excluding hydrogens is 372 g/mol. The number of unbranched alkanes of at least 4 members (excludes halogenated alkanes) is 1. The number of ether oxygens (including phenoxy) is 1. The molecular formula is C17H28N4O5S. The largest absolute Gasteiger partial charge is 0.444 e. The fourth-order valence-electron chi connectivity index (χ4n) is 2.27. The van der Waals surface area contributed by atoms with Crippen molar-refractivity contribution in [2.24, 2.45) is 0 Å². The van der Waals surface area contributed by atoms with E-state index in [-0.39, 0.29) is 11.8 Å². The Balaban J connectivity index is 2.53. The van der Waals surface area contributed by atoms with Gasteiger partial charge in [-0.05, 0) is 40.0 Å². The van der Waals surface area contributed by atoms with Crippen molar-refractivity contribution >= 4 is 34.4 Å². The van der Waals surface area contributed by atoms with Crippen LogP contribution in [0.5, 0.6) is 0 Å². The summed E-state index contributed by atoms with van der Waals surface area (Å²) in [6.07, 6.45) is 2.69. The summed E-state index contributed by atoms with van der Waals surface area (Å²) in [6, 6.07) is -0.794. The molecule has 0 saturated carbocycles. The molecule has 0 radical (unpaired) electrons. The van der Waals surface area contributed by atoms with Gasteiger partial charge in [0.15, 0.2) is 5.13 Å². The summed E-state index contributed by atoms with van der Waals surface area (Å²) in [7, 11) is 1.34. The first-order valence-corrected chi connectivity index (χ1v) is 9.53. The van der Waals surface area contributed by atoms with Crippen LogP contribution in [0.2, 0.25) is 0 Å². The zero-order valence-electron chi connectivity index (χ0n) is 16.4. The lowest BCUT2D eigenvalue weighted by Gasteiger charge is -2.27. The summed E-state index contributed by atoms with van der Waals surface area (Å²) in [5, 5.41) is 8.59. The summed E-state index contributed by atoms with van der Waals surface area (Å²) >= 11 is 1.29. The van der Waals surface area contributed by atoms with E-state index in [4.69, 9.17) is 9.57 Å². The fraction of sp³-hybridized carbons (Fsp3) is 0.647. The van der Waals surface area contributed by atoms with Gasteiger partial charge in [0, 0.05) is 25.0 Å². The maximum absolute atomic E-state index is 12.5. The molecule has 9 nitrogen and oxygen atoms in total. The van der Waals surface area contributed by atoms with Crippen LogP contribution in [0.1, 0.15) is 47.0 Å². The number of hydroxylamine groups is 2. The SMILES string of the molecule is CON(C(C)=O)C(CCCCNC(=O)OC(C)(C)C)C(=O)Nc1nccs1. The van der Waals surface area contributed by atoms with E-state index in [1.165, 1.54) is 25.4 Å². The highest BCUT2D eigenvalue weighted by Gasteiger charge is 2.28. The van der Waals surface area contributed by atoms with Crippen molar-refractivity contribution < 1.29 is 24.0 Å². The Hall–Kier alpha value is -2.20. The number of carbonyl (C=O) groups is 3. The number of nitrogens with zero attached hydrogens (tertiary/aromatic N) is 2. The quantitative estimate of drug-likeness (QED) is 0.487. The minimum Gasteiger partial charge on any atom is -0.444 e. The third-order valence-electron chi connectivity index (χ3n) is 3.33. The van der Waals surface area contributed by atoms with Crippen LogP contribution in [0.15, 0.2) is 11.6 Å². The molecule has 1 heterocycles. The minimum absolute atomic E-state index is 0.372. The molecule has 27 heavy (non-hydrogen) atoms. The van der Waals surface area contributed by atoms with Gasteiger partial charge in [-0.15, -0.1) is 11.3 Å². The Morgan fingerprint density at radius 1 is 1.30 bits per heavy atom. The highest BCUT2D eigenvalue weighted by Crippen LogP contribution is 2.16. The Labute approximate surface area is 163 Å². The van der Waals surface area contributed by atoms with Crippen molar-refractivity contribution in [2.45, 2.75) is 58.6 Å². The average molecular weight is 401 g/mol. The molecule has 1 aromatic heterocycles. The van der Waals surface area contributed by atoms with Gasteiger partial charge in [0.05, 0.1) is 7.11 Å². The van der Waals surface area contributed by atoms with Crippen LogP contribution in [-0.4, -0.2) is 53.3 Å². The molecule has 0 bridgehead atoms. The molecule has 10 heteroatoms. The van der Waals surface area contributed by atoms with E-state index in [1.54, 1.807) is 32.3 Å². The van der Waals surface area contributed by atoms with Crippen molar-refractivity contribution in [1.29, 1.82) is 0 Å². The van der Waals surface area contributed by atoms with E-state index in [1.807, 2.05) is 0 Å². The lowest BCUT2D eigenvalue weighted by Crippen LogP contribution is -2.46. The maximum atomic E-state index is 12.5. The summed E-state index contributed by atoms with van der Waals surface area (Å²) in [6.45, 7) is 7.11. The summed E-state index contributed by atoms with van der Waals surface area (Å²) in [5.74, 6) is -0.745. The molecule has 0 aliphatic carbocycles. The van der Waals surface area contributed by atoms with Gasteiger partial charge in [0.2, 0.25) is 5.91 Å². The van der Waals surface area contributed by atoms with Crippen molar-refractivity contribution in [3.05, 3.63) is 11.6 Å². The van der Waals surface area contributed by atoms with Crippen LogP contribution in [-0.2, 0) is 19.2 Å². The highest BCUT2D eigenvalue weighted by atomic mass is 32.1. The molecule has 1 rings (SSSR count). The summed E-state index contributed by atoms with van der Waals surface area (Å²) in [5.41, 5.74) is -0.552. The number of nitrogens with one attached hydrogen (secondary N) is 2. The molecule has 0 aromatic carbocycles. The second-order valence-corrected chi connectivity index (χ2v) is 7.69. The Morgan fingerprint density at radius 2 is 2.00 bits per heavy atom. The van der Waals surface area contributed by atoms with Crippen molar-refractivity contribution in [3.63, 3.8) is 0 Å². The van der Waals surface area contributed by atoms with Crippen molar-refractivity contribution in [2.75, 3.05) is 19.0 Å². The molecule has 0 saturated heterocycles. The van der Waals surface area contributed by atoms with E-state index in [9.17, 15) is 14.4 Å². The van der Waals surface area contributed by atoms with Crippen LogP contribution in [0.25, 0.3) is 0 Å². The molecule has 1 unspecified atom stereocenters. The minimum atomic E-state index is -0.794. The zero-order valence-corrected chi connectivity index (χ0v) is 17.2. The molecule has 3 amide bonds. The third-order valence-corrected chi connectivity index (χ3v) is 4.02. The highest BCUT2D eigenvalue weighted by molar-refractivity contribution is 7.13. The van der Waals surface area contributed by atoms with Gasteiger partial charge < -0.3 is 15.4 Å². The van der Waals surface area contributed by atoms with Crippen LogP contribution in [0.3, 0.4) is 0 Å². The average Bonchev–Trinajstić information content (AvgIpc) is 3.04. The van der Waals surface area contributed by atoms with Gasteiger partial charge >= 0.3 is 6.09 Å². The molecule has 152 valence electrons. The standard InChI is InChI=1S/C17H28N4O5S/c1-12(22)21(25-5)13(14(23)20-15-18-10-11-27-15)8-6-7-9-19-16(24)26-17(2,3)4/h10-11,13H,6-9H2,1-5H3,(H,19,24)(H,18,20,23). The molecule has 0 aliphatic heterocycles. The van der Waals surface area contributed by atoms with Gasteiger partial charge in [-0.2, -0.15) is 0 Å². The first-order valence-electron chi connectivity index (χ1n) is 8.65. The van der Waals surface area contributed by atoms with E-state index in [0.717, 1.165) is 5.06 Å². The van der Waals surface area contributed by atoms with Gasteiger partial charge in [0.25, 0.3) is 5.91 Å². The van der Waals surface area contributed by atoms with Gasteiger partial charge in [0.1, 0.15) is 11.6 Å². The number of alkyl carbamates (subject to hydrolysis) is 1. The topological polar surface area (TPSA) is 110 Å². The lowest BCUT2D eigenvalue weighted by molar-refractivity contribution is -0.188. The third kappa shape index (κ3) is 8.83. The number of amides is 3. The smallest absolute Gasteiger partial charge is 0.407 e. The molecule has 0 fully saturated rings. The zero-order chi connectivity index (χ0) is 20.4. The van der Waals surface area contributed by atoms with E-state index < -0.39 is 17.7 Å². The maximum Gasteiger partial charge on any atom is 0.407 e. The van der Waals surface area contributed by atoms with Crippen molar-refractivity contribution in [1.82, 2.24) is 15.4 Å². The van der Waals surface area contributed by atoms with E-state index in [0.29, 0.717) is 30.9 Å². The van der Waals surface area contributed by atoms with E-state index >= 15 is 0 Å². The molecule has 0 aliphatic rings. The predicted octanol–water partition coefficient (Wildman–Crippen LogP) is 2.56. The van der Waals surface area contributed by atoms with Crippen LogP contribution < -0.4 is 10.6 Å². The Morgan fingerprint density at radius 3 is 2.52 bits per heavy atom. The number of thiazole rings is 1.